The highest BCUT2D eigenvalue weighted by molar-refractivity contribution is 4.98. The summed E-state index contributed by atoms with van der Waals surface area (Å²) in [6, 6.07) is 0. The van der Waals surface area contributed by atoms with Gasteiger partial charge in [0.05, 0.1) is 24.9 Å². The van der Waals surface area contributed by atoms with E-state index in [-0.39, 0.29) is 18.3 Å². The molecular weight excluding hydrogens is 254 g/mol. The van der Waals surface area contributed by atoms with Crippen molar-refractivity contribution in [1.82, 2.24) is 14.5 Å². The molecule has 20 heavy (non-hydrogen) atoms. The molecule has 2 heterocycles. The number of nitrogens with zero attached hydrogens (tertiary/aromatic N) is 3. The molecule has 1 aliphatic heterocycles. The average Bonchev–Trinajstić information content (AvgIpc) is 2.75. The fourth-order valence-electron chi connectivity index (χ4n) is 2.99. The van der Waals surface area contributed by atoms with Crippen LogP contribution in [0.4, 0.5) is 0 Å². The van der Waals surface area contributed by atoms with Crippen molar-refractivity contribution in [2.45, 2.75) is 58.5 Å². The summed E-state index contributed by atoms with van der Waals surface area (Å²) in [6.07, 6.45) is 3.86. The third kappa shape index (κ3) is 4.04. The molecule has 0 saturated carbocycles. The Morgan fingerprint density at radius 1 is 1.30 bits per heavy atom. The molecule has 0 bridgehead atoms. The van der Waals surface area contributed by atoms with Crippen LogP contribution in [0.1, 0.15) is 39.4 Å². The van der Waals surface area contributed by atoms with Gasteiger partial charge in [-0.3, -0.25) is 4.90 Å². The van der Waals surface area contributed by atoms with Crippen molar-refractivity contribution in [1.29, 1.82) is 0 Å². The number of morpholine rings is 1. The van der Waals surface area contributed by atoms with Crippen LogP contribution in [0.2, 0.25) is 0 Å². The lowest BCUT2D eigenvalue weighted by Gasteiger charge is -2.36. The van der Waals surface area contributed by atoms with E-state index >= 15 is 0 Å². The Morgan fingerprint density at radius 2 is 1.95 bits per heavy atom. The number of imidazole rings is 1. The Morgan fingerprint density at radius 3 is 2.55 bits per heavy atom. The Labute approximate surface area is 121 Å². The van der Waals surface area contributed by atoms with Crippen molar-refractivity contribution >= 4 is 0 Å². The van der Waals surface area contributed by atoms with Crippen molar-refractivity contribution in [3.05, 3.63) is 18.2 Å². The zero-order chi connectivity index (χ0) is 14.7. The van der Waals surface area contributed by atoms with E-state index < -0.39 is 0 Å². The number of rotatable bonds is 5. The molecule has 1 aromatic heterocycles. The van der Waals surface area contributed by atoms with Crippen LogP contribution >= 0.6 is 0 Å². The molecule has 0 amide bonds. The van der Waals surface area contributed by atoms with Gasteiger partial charge in [-0.05, 0) is 13.8 Å². The predicted octanol–water partition coefficient (Wildman–Crippen LogP) is 1.48. The zero-order valence-electron chi connectivity index (χ0n) is 13.0. The van der Waals surface area contributed by atoms with E-state index in [0.717, 1.165) is 18.9 Å². The topological polar surface area (TPSA) is 50.5 Å². The van der Waals surface area contributed by atoms with E-state index in [4.69, 9.17) is 4.74 Å². The SMILES string of the molecule is CC1CN(CC(O)Cn2ccnc2C(C)C)CC(C)O1. The molecule has 1 aliphatic rings. The van der Waals surface area contributed by atoms with E-state index in [1.165, 1.54) is 0 Å². The van der Waals surface area contributed by atoms with Crippen molar-refractivity contribution in [2.24, 2.45) is 0 Å². The standard InChI is InChI=1S/C15H27N3O2/c1-11(2)15-16-5-6-18(15)10-14(19)9-17-7-12(3)20-13(4)8-17/h5-6,11-14,19H,7-10H2,1-4H3. The van der Waals surface area contributed by atoms with Crippen LogP contribution in [0.3, 0.4) is 0 Å². The average molecular weight is 281 g/mol. The largest absolute Gasteiger partial charge is 0.390 e. The molecule has 1 fully saturated rings. The third-order valence-corrected chi connectivity index (χ3v) is 3.64. The molecule has 5 heteroatoms. The molecule has 0 aliphatic carbocycles. The molecule has 1 saturated heterocycles. The van der Waals surface area contributed by atoms with Crippen LogP contribution in [-0.4, -0.2) is 57.5 Å². The van der Waals surface area contributed by atoms with Crippen molar-refractivity contribution in [2.75, 3.05) is 19.6 Å². The van der Waals surface area contributed by atoms with Crippen LogP contribution in [0.5, 0.6) is 0 Å². The minimum absolute atomic E-state index is 0.241. The summed E-state index contributed by atoms with van der Waals surface area (Å²) in [5.74, 6) is 1.41. The van der Waals surface area contributed by atoms with Gasteiger partial charge in [0.15, 0.2) is 0 Å². The number of aliphatic hydroxyl groups is 1. The van der Waals surface area contributed by atoms with Crippen LogP contribution in [-0.2, 0) is 11.3 Å². The van der Waals surface area contributed by atoms with Gasteiger partial charge in [0.2, 0.25) is 0 Å². The summed E-state index contributed by atoms with van der Waals surface area (Å²) >= 11 is 0. The molecule has 1 aromatic rings. The fourth-order valence-corrected chi connectivity index (χ4v) is 2.99. The van der Waals surface area contributed by atoms with Gasteiger partial charge in [-0.15, -0.1) is 0 Å². The maximum absolute atomic E-state index is 10.3. The molecule has 3 atom stereocenters. The highest BCUT2D eigenvalue weighted by atomic mass is 16.5. The van der Waals surface area contributed by atoms with E-state index in [9.17, 15) is 5.11 Å². The summed E-state index contributed by atoms with van der Waals surface area (Å²) in [5.41, 5.74) is 0. The van der Waals surface area contributed by atoms with Gasteiger partial charge >= 0.3 is 0 Å². The molecule has 2 rings (SSSR count). The maximum atomic E-state index is 10.3. The first-order chi connectivity index (χ1) is 9.45. The first-order valence-corrected chi connectivity index (χ1v) is 7.52. The quantitative estimate of drug-likeness (QED) is 0.888. The number of hydrogen-bond acceptors (Lipinski definition) is 4. The monoisotopic (exact) mass is 281 g/mol. The van der Waals surface area contributed by atoms with Crippen LogP contribution < -0.4 is 0 Å². The fraction of sp³-hybridized carbons (Fsp3) is 0.800. The highest BCUT2D eigenvalue weighted by Crippen LogP contribution is 2.14. The summed E-state index contributed by atoms with van der Waals surface area (Å²) in [7, 11) is 0. The Kier molecular flexibility index (Phi) is 5.18. The molecule has 0 radical (unpaired) electrons. The smallest absolute Gasteiger partial charge is 0.111 e. The Balaban J connectivity index is 1.88. The summed E-state index contributed by atoms with van der Waals surface area (Å²) in [6.45, 7) is 11.5. The van der Waals surface area contributed by atoms with E-state index in [2.05, 4.69) is 42.1 Å². The summed E-state index contributed by atoms with van der Waals surface area (Å²) in [5, 5.41) is 10.3. The normalized spacial score (nSPS) is 26.1. The molecule has 0 spiro atoms. The van der Waals surface area contributed by atoms with E-state index in [1.807, 2.05) is 6.20 Å². The molecule has 5 nitrogen and oxygen atoms in total. The number of ether oxygens (including phenoxy) is 1. The number of aromatic nitrogens is 2. The predicted molar refractivity (Wildman–Crippen MR) is 78.8 cm³/mol. The first kappa shape index (κ1) is 15.5. The number of β-amino-alcohol motifs (C(OH)–C–C–N with tert-alkyl or cyclic N) is 1. The summed E-state index contributed by atoms with van der Waals surface area (Å²) in [4.78, 5) is 6.65. The van der Waals surface area contributed by atoms with Gasteiger partial charge in [0.25, 0.3) is 0 Å². The Bertz CT molecular complexity index is 409. The molecule has 1 N–H and O–H groups in total. The van der Waals surface area contributed by atoms with Gasteiger partial charge in [0, 0.05) is 37.9 Å². The highest BCUT2D eigenvalue weighted by Gasteiger charge is 2.24. The van der Waals surface area contributed by atoms with Gasteiger partial charge < -0.3 is 14.4 Å². The summed E-state index contributed by atoms with van der Waals surface area (Å²) < 4.78 is 7.77. The van der Waals surface area contributed by atoms with Crippen molar-refractivity contribution < 1.29 is 9.84 Å². The zero-order valence-corrected chi connectivity index (χ0v) is 13.0. The van der Waals surface area contributed by atoms with Crippen LogP contribution in [0.25, 0.3) is 0 Å². The minimum atomic E-state index is -0.376. The molecule has 0 aromatic carbocycles. The molecular formula is C15H27N3O2. The van der Waals surface area contributed by atoms with E-state index in [0.29, 0.717) is 19.0 Å². The van der Waals surface area contributed by atoms with Gasteiger partial charge in [-0.1, -0.05) is 13.8 Å². The first-order valence-electron chi connectivity index (χ1n) is 7.52. The van der Waals surface area contributed by atoms with Gasteiger partial charge in [-0.25, -0.2) is 4.98 Å². The lowest BCUT2D eigenvalue weighted by atomic mass is 10.2. The van der Waals surface area contributed by atoms with Crippen LogP contribution in [0.15, 0.2) is 12.4 Å². The minimum Gasteiger partial charge on any atom is -0.390 e. The van der Waals surface area contributed by atoms with Crippen molar-refractivity contribution in [3.63, 3.8) is 0 Å². The second-order valence-corrected chi connectivity index (χ2v) is 6.22. The Hall–Kier alpha value is -0.910. The lowest BCUT2D eigenvalue weighted by Crippen LogP contribution is -2.48. The lowest BCUT2D eigenvalue weighted by molar-refractivity contribution is -0.0773. The number of aliphatic hydroxyl groups excluding tert-OH is 1. The van der Waals surface area contributed by atoms with Gasteiger partial charge in [-0.2, -0.15) is 0 Å². The van der Waals surface area contributed by atoms with E-state index in [1.54, 1.807) is 6.20 Å². The van der Waals surface area contributed by atoms with Crippen molar-refractivity contribution in [3.8, 4) is 0 Å². The third-order valence-electron chi connectivity index (χ3n) is 3.64. The second kappa shape index (κ2) is 6.70. The second-order valence-electron chi connectivity index (χ2n) is 6.22. The van der Waals surface area contributed by atoms with Crippen LogP contribution in [0, 0.1) is 0 Å². The molecule has 114 valence electrons. The number of hydrogen-bond donors (Lipinski definition) is 1. The molecule has 3 unspecified atom stereocenters. The van der Waals surface area contributed by atoms with Gasteiger partial charge in [0.1, 0.15) is 5.82 Å². The maximum Gasteiger partial charge on any atom is 0.111 e.